The van der Waals surface area contributed by atoms with Gasteiger partial charge in [-0.3, -0.25) is 4.79 Å². The Bertz CT molecular complexity index is 1270. The molecule has 1 fully saturated rings. The molecule has 4 aromatic heterocycles. The fourth-order valence-electron chi connectivity index (χ4n) is 3.60. The van der Waals surface area contributed by atoms with Crippen molar-refractivity contribution < 1.29 is 14.6 Å². The van der Waals surface area contributed by atoms with Gasteiger partial charge in [-0.15, -0.1) is 0 Å². The van der Waals surface area contributed by atoms with E-state index in [1.807, 2.05) is 53.2 Å². The predicted molar refractivity (Wildman–Crippen MR) is 134 cm³/mol. The Morgan fingerprint density at radius 2 is 1.83 bits per heavy atom. The number of hydrogen-bond acceptors (Lipinski definition) is 9. The first-order chi connectivity index (χ1) is 17.1. The topological polar surface area (TPSA) is 130 Å². The van der Waals surface area contributed by atoms with Crippen molar-refractivity contribution in [3.05, 3.63) is 60.7 Å². The maximum absolute atomic E-state index is 8.36. The summed E-state index contributed by atoms with van der Waals surface area (Å²) in [4.78, 5) is 29.1. The normalized spacial score (nSPS) is 13.3. The minimum Gasteiger partial charge on any atom is -0.483 e. The zero-order valence-electron chi connectivity index (χ0n) is 19.6. The van der Waals surface area contributed by atoms with E-state index >= 15 is 0 Å². The van der Waals surface area contributed by atoms with Gasteiger partial charge in [0.05, 0.1) is 13.2 Å². The summed E-state index contributed by atoms with van der Waals surface area (Å²) in [6.45, 7) is 6.95. The lowest BCUT2D eigenvalue weighted by Gasteiger charge is -2.28. The Labute approximate surface area is 202 Å². The lowest BCUT2D eigenvalue weighted by Crippen LogP contribution is -2.36. The van der Waals surface area contributed by atoms with Crippen LogP contribution >= 0.6 is 0 Å². The van der Waals surface area contributed by atoms with Gasteiger partial charge in [-0.25, -0.2) is 9.97 Å². The van der Waals surface area contributed by atoms with Gasteiger partial charge >= 0.3 is 0 Å². The first-order valence-corrected chi connectivity index (χ1v) is 11.3. The molecule has 0 aromatic carbocycles. The summed E-state index contributed by atoms with van der Waals surface area (Å²) in [5, 5.41) is 13.6. The van der Waals surface area contributed by atoms with Gasteiger partial charge in [-0.1, -0.05) is 19.9 Å². The van der Waals surface area contributed by atoms with Crippen LogP contribution in [0.4, 0.5) is 29.1 Å². The number of rotatable bonds is 6. The number of imidazole rings is 1. The second kappa shape index (κ2) is 11.3. The van der Waals surface area contributed by atoms with Crippen molar-refractivity contribution in [2.45, 2.75) is 19.8 Å². The van der Waals surface area contributed by atoms with Crippen molar-refractivity contribution in [3.63, 3.8) is 0 Å². The average molecular weight is 477 g/mol. The zero-order chi connectivity index (χ0) is 24.6. The number of aromatic nitrogens is 5. The molecule has 11 heteroatoms. The zero-order valence-corrected chi connectivity index (χ0v) is 19.6. The third-order valence-electron chi connectivity index (χ3n) is 5.32. The van der Waals surface area contributed by atoms with Crippen molar-refractivity contribution >= 4 is 41.2 Å². The molecule has 1 aliphatic rings. The van der Waals surface area contributed by atoms with Crippen LogP contribution < -0.4 is 15.5 Å². The van der Waals surface area contributed by atoms with E-state index in [0.29, 0.717) is 30.9 Å². The van der Waals surface area contributed by atoms with Crippen molar-refractivity contribution in [3.8, 4) is 0 Å². The van der Waals surface area contributed by atoms with E-state index in [-0.39, 0.29) is 6.47 Å². The molecule has 1 saturated heterocycles. The molecule has 5 heterocycles. The highest BCUT2D eigenvalue weighted by molar-refractivity contribution is 5.65. The smallest absolute Gasteiger partial charge is 0.290 e. The van der Waals surface area contributed by atoms with E-state index in [2.05, 4.69) is 34.4 Å². The number of nitrogens with zero attached hydrogens (tertiary/aromatic N) is 6. The number of ether oxygens (including phenoxy) is 1. The Balaban J connectivity index is 0.000000917. The summed E-state index contributed by atoms with van der Waals surface area (Å²) < 4.78 is 7.47. The van der Waals surface area contributed by atoms with Gasteiger partial charge in [0.1, 0.15) is 23.1 Å². The molecule has 11 nitrogen and oxygen atoms in total. The van der Waals surface area contributed by atoms with Gasteiger partial charge in [0.2, 0.25) is 5.95 Å². The molecule has 0 radical (unpaired) electrons. The number of hydrogen-bond donors (Lipinski definition) is 3. The highest BCUT2D eigenvalue weighted by atomic mass is 16.5. The summed E-state index contributed by atoms with van der Waals surface area (Å²) in [7, 11) is 0. The maximum atomic E-state index is 8.36. The molecule has 0 bridgehead atoms. The van der Waals surface area contributed by atoms with Crippen LogP contribution in [0.25, 0.3) is 5.65 Å². The number of carbonyl (C=O) groups is 1. The molecule has 0 amide bonds. The minimum atomic E-state index is -0.250. The highest BCUT2D eigenvalue weighted by Gasteiger charge is 2.16. The van der Waals surface area contributed by atoms with E-state index in [4.69, 9.17) is 29.6 Å². The molecule has 0 saturated carbocycles. The van der Waals surface area contributed by atoms with E-state index in [1.54, 1.807) is 6.20 Å². The monoisotopic (exact) mass is 476 g/mol. The number of fused-ring (bicyclic) bond motifs is 1. The van der Waals surface area contributed by atoms with E-state index in [0.717, 1.165) is 41.8 Å². The maximum Gasteiger partial charge on any atom is 0.290 e. The van der Waals surface area contributed by atoms with Crippen LogP contribution in [0.2, 0.25) is 0 Å². The van der Waals surface area contributed by atoms with Crippen molar-refractivity contribution in [1.82, 2.24) is 24.3 Å². The van der Waals surface area contributed by atoms with Gasteiger partial charge in [0, 0.05) is 55.2 Å². The van der Waals surface area contributed by atoms with Gasteiger partial charge in [0.25, 0.3) is 6.47 Å². The predicted octanol–water partition coefficient (Wildman–Crippen LogP) is 3.67. The third kappa shape index (κ3) is 6.21. The number of pyridine rings is 2. The molecule has 35 heavy (non-hydrogen) atoms. The largest absolute Gasteiger partial charge is 0.483 e. The SMILES string of the molecule is CC(C)c1cccc(Nc2nc(Nc3ccn4ccnc4c3)cc(N3CCOCC3)n2)n1.O=CO. The lowest BCUT2D eigenvalue weighted by molar-refractivity contribution is -0.122. The van der Waals surface area contributed by atoms with Gasteiger partial charge in [-0.2, -0.15) is 9.97 Å². The molecule has 0 aliphatic carbocycles. The quantitative estimate of drug-likeness (QED) is 0.354. The standard InChI is InChI=1S/C23H26N8O.CH2O2/c1-16(2)18-4-3-5-19(26-18)27-23-28-20(15-22(29-23)31-10-12-32-13-11-31)25-17-6-8-30-9-7-24-21(30)14-17;2-1-3/h3-9,14-16H,10-13H2,1-2H3,(H2,25,26,27,28,29);1H,(H,2,3). The first-order valence-electron chi connectivity index (χ1n) is 11.3. The van der Waals surface area contributed by atoms with Gasteiger partial charge in [0.15, 0.2) is 0 Å². The van der Waals surface area contributed by atoms with Crippen LogP contribution in [0.1, 0.15) is 25.5 Å². The molecule has 5 rings (SSSR count). The number of nitrogens with one attached hydrogen (secondary N) is 2. The van der Waals surface area contributed by atoms with Crippen LogP contribution in [0.15, 0.2) is 55.0 Å². The average Bonchev–Trinajstić information content (AvgIpc) is 3.33. The third-order valence-corrected chi connectivity index (χ3v) is 5.32. The van der Waals surface area contributed by atoms with E-state index < -0.39 is 0 Å². The van der Waals surface area contributed by atoms with Crippen molar-refractivity contribution in [2.75, 3.05) is 41.8 Å². The van der Waals surface area contributed by atoms with Crippen LogP contribution in [0, 0.1) is 0 Å². The Morgan fingerprint density at radius 1 is 1.03 bits per heavy atom. The molecule has 0 unspecified atom stereocenters. The van der Waals surface area contributed by atoms with E-state index in [9.17, 15) is 0 Å². The number of carboxylic acid groups (broad SMARTS) is 1. The van der Waals surface area contributed by atoms with E-state index in [1.165, 1.54) is 0 Å². The molecule has 0 spiro atoms. The Morgan fingerprint density at radius 3 is 2.60 bits per heavy atom. The summed E-state index contributed by atoms with van der Waals surface area (Å²) in [5.74, 6) is 3.09. The summed E-state index contributed by atoms with van der Waals surface area (Å²) in [5.41, 5.74) is 2.79. The van der Waals surface area contributed by atoms with Crippen LogP contribution in [-0.4, -0.2) is 62.2 Å². The lowest BCUT2D eigenvalue weighted by atomic mass is 10.1. The summed E-state index contributed by atoms with van der Waals surface area (Å²) in [6.07, 6.45) is 5.66. The number of anilines is 5. The van der Waals surface area contributed by atoms with Crippen LogP contribution in [0.5, 0.6) is 0 Å². The summed E-state index contributed by atoms with van der Waals surface area (Å²) >= 11 is 0. The summed E-state index contributed by atoms with van der Waals surface area (Å²) in [6, 6.07) is 11.9. The Kier molecular flexibility index (Phi) is 7.68. The minimum absolute atomic E-state index is 0.250. The Hall–Kier alpha value is -4.25. The van der Waals surface area contributed by atoms with Crippen LogP contribution in [0.3, 0.4) is 0 Å². The molecule has 182 valence electrons. The van der Waals surface area contributed by atoms with Crippen molar-refractivity contribution in [2.24, 2.45) is 0 Å². The molecule has 3 N–H and O–H groups in total. The second-order valence-corrected chi connectivity index (χ2v) is 8.10. The first kappa shape index (κ1) is 23.9. The second-order valence-electron chi connectivity index (χ2n) is 8.10. The fourth-order valence-corrected chi connectivity index (χ4v) is 3.60. The molecule has 1 aliphatic heterocycles. The fraction of sp³-hybridized carbons (Fsp3) is 0.292. The molecule has 0 atom stereocenters. The number of morpholine rings is 1. The molecular weight excluding hydrogens is 448 g/mol. The van der Waals surface area contributed by atoms with Gasteiger partial charge < -0.3 is 29.8 Å². The molecular formula is C24H28N8O3. The van der Waals surface area contributed by atoms with Crippen LogP contribution in [-0.2, 0) is 9.53 Å². The van der Waals surface area contributed by atoms with Gasteiger partial charge in [-0.05, 0) is 24.1 Å². The van der Waals surface area contributed by atoms with Crippen molar-refractivity contribution in [1.29, 1.82) is 0 Å². The molecule has 4 aromatic rings. The highest BCUT2D eigenvalue weighted by Crippen LogP contribution is 2.25.